The van der Waals surface area contributed by atoms with Crippen molar-refractivity contribution in [3.63, 3.8) is 0 Å². The minimum atomic E-state index is -0.374. The van der Waals surface area contributed by atoms with Gasteiger partial charge in [0.15, 0.2) is 6.61 Å². The SMILES string of the molecule is O=C(COc1ccc(Br)cc1)NN=Cc1cc(Br)c(O)c(Br)c1. The smallest absolute Gasteiger partial charge is 0.277 e. The Kier molecular flexibility index (Phi) is 6.61. The van der Waals surface area contributed by atoms with Gasteiger partial charge in [0.1, 0.15) is 11.5 Å². The van der Waals surface area contributed by atoms with Gasteiger partial charge < -0.3 is 9.84 Å². The fourth-order valence-electron chi connectivity index (χ4n) is 1.55. The second-order valence-electron chi connectivity index (χ2n) is 4.37. The summed E-state index contributed by atoms with van der Waals surface area (Å²) in [6, 6.07) is 10.5. The van der Waals surface area contributed by atoms with Crippen molar-refractivity contribution in [2.24, 2.45) is 5.10 Å². The van der Waals surface area contributed by atoms with Crippen LogP contribution in [0.2, 0.25) is 0 Å². The maximum absolute atomic E-state index is 11.6. The monoisotopic (exact) mass is 504 g/mol. The molecule has 5 nitrogen and oxygen atoms in total. The van der Waals surface area contributed by atoms with Crippen LogP contribution < -0.4 is 10.2 Å². The molecule has 120 valence electrons. The molecule has 0 spiro atoms. The lowest BCUT2D eigenvalue weighted by Gasteiger charge is -2.05. The van der Waals surface area contributed by atoms with Gasteiger partial charge in [0.25, 0.3) is 5.91 Å². The lowest BCUT2D eigenvalue weighted by molar-refractivity contribution is -0.123. The molecule has 8 heteroatoms. The number of carbonyl (C=O) groups excluding carboxylic acids is 1. The molecular weight excluding hydrogens is 496 g/mol. The van der Waals surface area contributed by atoms with Crippen molar-refractivity contribution in [3.05, 3.63) is 55.4 Å². The zero-order valence-corrected chi connectivity index (χ0v) is 16.4. The summed E-state index contributed by atoms with van der Waals surface area (Å²) in [4.78, 5) is 11.6. The van der Waals surface area contributed by atoms with E-state index in [1.54, 1.807) is 24.3 Å². The predicted octanol–water partition coefficient (Wildman–Crippen LogP) is 4.21. The molecule has 0 aliphatic heterocycles. The van der Waals surface area contributed by atoms with Crippen LogP contribution in [-0.4, -0.2) is 23.8 Å². The predicted molar refractivity (Wildman–Crippen MR) is 98.9 cm³/mol. The van der Waals surface area contributed by atoms with Crippen molar-refractivity contribution in [3.8, 4) is 11.5 Å². The highest BCUT2D eigenvalue weighted by molar-refractivity contribution is 9.11. The van der Waals surface area contributed by atoms with Crippen molar-refractivity contribution >= 4 is 59.9 Å². The molecule has 0 radical (unpaired) electrons. The number of nitrogens with zero attached hydrogens (tertiary/aromatic N) is 1. The van der Waals surface area contributed by atoms with Crippen molar-refractivity contribution in [2.75, 3.05) is 6.61 Å². The minimum Gasteiger partial charge on any atom is -0.506 e. The van der Waals surface area contributed by atoms with E-state index >= 15 is 0 Å². The van der Waals surface area contributed by atoms with Crippen LogP contribution in [0.15, 0.2) is 54.9 Å². The molecule has 2 N–H and O–H groups in total. The third-order valence-corrected chi connectivity index (χ3v) is 4.36. The molecule has 0 bridgehead atoms. The molecule has 0 fully saturated rings. The molecule has 0 heterocycles. The first-order chi connectivity index (χ1) is 11.0. The van der Waals surface area contributed by atoms with E-state index in [9.17, 15) is 9.90 Å². The van der Waals surface area contributed by atoms with E-state index in [4.69, 9.17) is 4.74 Å². The third-order valence-electron chi connectivity index (χ3n) is 2.63. The van der Waals surface area contributed by atoms with Crippen molar-refractivity contribution in [1.29, 1.82) is 0 Å². The number of halogens is 3. The summed E-state index contributed by atoms with van der Waals surface area (Å²) in [5, 5.41) is 13.5. The number of carbonyl (C=O) groups is 1. The molecular formula is C15H11Br3N2O3. The highest BCUT2D eigenvalue weighted by Gasteiger charge is 2.05. The molecule has 0 aromatic heterocycles. The van der Waals surface area contributed by atoms with Crippen LogP contribution in [0.1, 0.15) is 5.56 Å². The Labute approximate surface area is 158 Å². The van der Waals surface area contributed by atoms with Crippen LogP contribution >= 0.6 is 47.8 Å². The van der Waals surface area contributed by atoms with E-state index in [2.05, 4.69) is 58.3 Å². The lowest BCUT2D eigenvalue weighted by Crippen LogP contribution is -2.24. The Bertz CT molecular complexity index is 710. The largest absolute Gasteiger partial charge is 0.506 e. The highest BCUT2D eigenvalue weighted by Crippen LogP contribution is 2.32. The standard InChI is InChI=1S/C15H11Br3N2O3/c16-10-1-3-11(4-2-10)23-8-14(21)20-19-7-9-5-12(17)15(22)13(18)6-9/h1-7,22H,8H2,(H,20,21). The summed E-state index contributed by atoms with van der Waals surface area (Å²) in [6.45, 7) is -0.137. The number of benzene rings is 2. The Hall–Kier alpha value is -1.38. The van der Waals surface area contributed by atoms with Gasteiger partial charge in [-0.15, -0.1) is 0 Å². The van der Waals surface area contributed by atoms with Crippen LogP contribution in [0, 0.1) is 0 Å². The first-order valence-electron chi connectivity index (χ1n) is 6.34. The second kappa shape index (κ2) is 8.47. The number of phenols is 1. The summed E-state index contributed by atoms with van der Waals surface area (Å²) in [5.74, 6) is 0.328. The number of aromatic hydroxyl groups is 1. The van der Waals surface area contributed by atoms with Gasteiger partial charge in [0.2, 0.25) is 0 Å². The van der Waals surface area contributed by atoms with Crippen molar-refractivity contribution < 1.29 is 14.6 Å². The van der Waals surface area contributed by atoms with Gasteiger partial charge in [-0.25, -0.2) is 5.43 Å². The number of phenolic OH excluding ortho intramolecular Hbond substituents is 1. The Balaban J connectivity index is 1.85. The minimum absolute atomic E-state index is 0.106. The molecule has 0 saturated heterocycles. The molecule has 0 unspecified atom stereocenters. The zero-order chi connectivity index (χ0) is 16.8. The molecule has 0 atom stereocenters. The normalized spacial score (nSPS) is 10.7. The van der Waals surface area contributed by atoms with Gasteiger partial charge in [-0.05, 0) is 73.8 Å². The van der Waals surface area contributed by atoms with Crippen LogP contribution in [0.4, 0.5) is 0 Å². The van der Waals surface area contributed by atoms with Gasteiger partial charge in [0, 0.05) is 4.47 Å². The van der Waals surface area contributed by atoms with Crippen LogP contribution in [0.5, 0.6) is 11.5 Å². The fourth-order valence-corrected chi connectivity index (χ4v) is 3.04. The number of ether oxygens (including phenoxy) is 1. The average molecular weight is 507 g/mol. The van der Waals surface area contributed by atoms with E-state index < -0.39 is 0 Å². The van der Waals surface area contributed by atoms with Crippen LogP contribution in [0.25, 0.3) is 0 Å². The molecule has 23 heavy (non-hydrogen) atoms. The number of rotatable bonds is 5. The van der Waals surface area contributed by atoms with Crippen LogP contribution in [-0.2, 0) is 4.79 Å². The van der Waals surface area contributed by atoms with Gasteiger partial charge in [-0.3, -0.25) is 4.79 Å². The van der Waals surface area contributed by atoms with Crippen molar-refractivity contribution in [2.45, 2.75) is 0 Å². The van der Waals surface area contributed by atoms with Gasteiger partial charge in [-0.2, -0.15) is 5.10 Å². The number of nitrogens with one attached hydrogen (secondary N) is 1. The van der Waals surface area contributed by atoms with Gasteiger partial charge in [-0.1, -0.05) is 15.9 Å². The highest BCUT2D eigenvalue weighted by atomic mass is 79.9. The van der Waals surface area contributed by atoms with Crippen molar-refractivity contribution in [1.82, 2.24) is 5.43 Å². The van der Waals surface area contributed by atoms with E-state index in [0.717, 1.165) is 4.47 Å². The summed E-state index contributed by atoms with van der Waals surface area (Å²) in [5.41, 5.74) is 3.07. The van der Waals surface area contributed by atoms with E-state index in [1.807, 2.05) is 12.1 Å². The molecule has 0 aliphatic carbocycles. The van der Waals surface area contributed by atoms with E-state index in [1.165, 1.54) is 6.21 Å². The summed E-state index contributed by atoms with van der Waals surface area (Å²) < 4.78 is 7.31. The van der Waals surface area contributed by atoms with Gasteiger partial charge in [0.05, 0.1) is 15.2 Å². The maximum atomic E-state index is 11.6. The third kappa shape index (κ3) is 5.63. The lowest BCUT2D eigenvalue weighted by atomic mass is 10.2. The van der Waals surface area contributed by atoms with Gasteiger partial charge >= 0.3 is 0 Å². The summed E-state index contributed by atoms with van der Waals surface area (Å²) in [7, 11) is 0. The first-order valence-corrected chi connectivity index (χ1v) is 8.72. The Morgan fingerprint density at radius 1 is 1.17 bits per heavy atom. The molecule has 2 rings (SSSR count). The number of amides is 1. The molecule has 0 saturated carbocycles. The first kappa shape index (κ1) is 18.0. The average Bonchev–Trinajstić information content (AvgIpc) is 2.52. The Morgan fingerprint density at radius 3 is 2.39 bits per heavy atom. The summed E-state index contributed by atoms with van der Waals surface area (Å²) >= 11 is 9.76. The fraction of sp³-hybridized carbons (Fsp3) is 0.0667. The molecule has 2 aromatic rings. The maximum Gasteiger partial charge on any atom is 0.277 e. The Morgan fingerprint density at radius 2 is 1.78 bits per heavy atom. The molecule has 0 aliphatic rings. The topological polar surface area (TPSA) is 70.9 Å². The molecule has 2 aromatic carbocycles. The number of hydrazone groups is 1. The number of hydrogen-bond acceptors (Lipinski definition) is 4. The van der Waals surface area contributed by atoms with E-state index in [0.29, 0.717) is 20.3 Å². The van der Waals surface area contributed by atoms with Crippen LogP contribution in [0.3, 0.4) is 0 Å². The summed E-state index contributed by atoms with van der Waals surface area (Å²) in [6.07, 6.45) is 1.46. The number of hydrogen-bond donors (Lipinski definition) is 2. The zero-order valence-electron chi connectivity index (χ0n) is 11.6. The second-order valence-corrected chi connectivity index (χ2v) is 6.99. The quantitative estimate of drug-likeness (QED) is 0.471. The van der Waals surface area contributed by atoms with E-state index in [-0.39, 0.29) is 18.3 Å². The molecule has 1 amide bonds.